The van der Waals surface area contributed by atoms with Crippen molar-refractivity contribution in [2.45, 2.75) is 13.0 Å². The molecule has 100 valence electrons. The van der Waals surface area contributed by atoms with Gasteiger partial charge >= 0.3 is 0 Å². The van der Waals surface area contributed by atoms with E-state index in [0.717, 1.165) is 35.4 Å². The quantitative estimate of drug-likeness (QED) is 0.830. The number of rotatable bonds is 6. The number of nitrogens with zero attached hydrogens (tertiary/aromatic N) is 1. The normalized spacial score (nSPS) is 10.4. The second-order valence-corrected chi connectivity index (χ2v) is 5.16. The minimum atomic E-state index is 0.795. The highest BCUT2D eigenvalue weighted by Crippen LogP contribution is 2.11. The highest BCUT2D eigenvalue weighted by atomic mass is 79.9. The number of ether oxygens (including phenoxy) is 1. The molecule has 0 spiro atoms. The molecule has 19 heavy (non-hydrogen) atoms. The van der Waals surface area contributed by atoms with E-state index in [1.54, 1.807) is 7.11 Å². The summed E-state index contributed by atoms with van der Waals surface area (Å²) in [5, 5.41) is 3.39. The van der Waals surface area contributed by atoms with E-state index in [1.165, 1.54) is 5.56 Å². The molecule has 1 N–H and O–H groups in total. The molecule has 3 nitrogen and oxygen atoms in total. The third-order valence-corrected chi connectivity index (χ3v) is 3.31. The maximum atomic E-state index is 5.13. The van der Waals surface area contributed by atoms with E-state index in [0.29, 0.717) is 0 Å². The molecule has 0 amide bonds. The lowest BCUT2D eigenvalue weighted by Gasteiger charge is -2.05. The Kier molecular flexibility index (Phi) is 5.36. The minimum absolute atomic E-state index is 0.795. The van der Waals surface area contributed by atoms with Gasteiger partial charge in [-0.2, -0.15) is 0 Å². The summed E-state index contributed by atoms with van der Waals surface area (Å²) in [6.07, 6.45) is 2.82. The Morgan fingerprint density at radius 1 is 1.16 bits per heavy atom. The van der Waals surface area contributed by atoms with Crippen molar-refractivity contribution in [2.75, 3.05) is 13.7 Å². The largest absolute Gasteiger partial charge is 0.497 e. The van der Waals surface area contributed by atoms with Crippen LogP contribution < -0.4 is 10.1 Å². The second kappa shape index (κ2) is 7.26. The van der Waals surface area contributed by atoms with E-state index in [-0.39, 0.29) is 0 Å². The van der Waals surface area contributed by atoms with Gasteiger partial charge in [0.2, 0.25) is 0 Å². The van der Waals surface area contributed by atoms with E-state index in [2.05, 4.69) is 38.4 Å². The highest BCUT2D eigenvalue weighted by molar-refractivity contribution is 9.10. The zero-order valence-corrected chi connectivity index (χ0v) is 12.5. The average molecular weight is 321 g/mol. The van der Waals surface area contributed by atoms with Crippen LogP contribution in [0.3, 0.4) is 0 Å². The molecule has 2 aromatic rings. The summed E-state index contributed by atoms with van der Waals surface area (Å²) in [5.74, 6) is 0.899. The molecule has 0 bridgehead atoms. The highest BCUT2D eigenvalue weighted by Gasteiger charge is 1.96. The van der Waals surface area contributed by atoms with Gasteiger partial charge in [-0.25, -0.2) is 0 Å². The van der Waals surface area contributed by atoms with Gasteiger partial charge < -0.3 is 10.1 Å². The Hall–Kier alpha value is -1.39. The molecular weight excluding hydrogens is 304 g/mol. The summed E-state index contributed by atoms with van der Waals surface area (Å²) in [6, 6.07) is 12.2. The van der Waals surface area contributed by atoms with Gasteiger partial charge in [-0.05, 0) is 58.7 Å². The first-order valence-electron chi connectivity index (χ1n) is 6.22. The Labute approximate surface area is 122 Å². The predicted octanol–water partition coefficient (Wildman–Crippen LogP) is 3.19. The third-order valence-electron chi connectivity index (χ3n) is 2.84. The van der Waals surface area contributed by atoms with Gasteiger partial charge in [0.15, 0.2) is 0 Å². The first kappa shape index (κ1) is 14.0. The fourth-order valence-electron chi connectivity index (χ4n) is 1.75. The molecule has 0 radical (unpaired) electrons. The summed E-state index contributed by atoms with van der Waals surface area (Å²) in [5.41, 5.74) is 2.36. The van der Waals surface area contributed by atoms with Crippen LogP contribution in [0.15, 0.2) is 47.1 Å². The van der Waals surface area contributed by atoms with Crippen LogP contribution in [0.25, 0.3) is 0 Å². The molecule has 0 atom stereocenters. The lowest BCUT2D eigenvalue weighted by molar-refractivity contribution is 0.414. The van der Waals surface area contributed by atoms with Gasteiger partial charge in [0.25, 0.3) is 0 Å². The van der Waals surface area contributed by atoms with E-state index in [9.17, 15) is 0 Å². The Morgan fingerprint density at radius 2 is 1.95 bits per heavy atom. The standard InChI is InChI=1S/C15H17BrN2O/c1-19-15-6-2-12(3-7-15)8-9-17-11-14-5-4-13(16)10-18-14/h2-7,10,17H,8-9,11H2,1H3. The molecule has 1 heterocycles. The molecule has 1 aromatic carbocycles. The van der Waals surface area contributed by atoms with Crippen LogP contribution in [0.5, 0.6) is 5.75 Å². The Bertz CT molecular complexity index is 497. The zero-order chi connectivity index (χ0) is 13.5. The molecule has 0 aliphatic carbocycles. The molecule has 0 fully saturated rings. The molecule has 0 unspecified atom stereocenters. The van der Waals surface area contributed by atoms with E-state index < -0.39 is 0 Å². The summed E-state index contributed by atoms with van der Waals surface area (Å²) in [4.78, 5) is 4.32. The van der Waals surface area contributed by atoms with E-state index in [1.807, 2.05) is 30.5 Å². The summed E-state index contributed by atoms with van der Waals surface area (Å²) in [7, 11) is 1.68. The van der Waals surface area contributed by atoms with Gasteiger partial charge in [-0.1, -0.05) is 12.1 Å². The van der Waals surface area contributed by atoms with Crippen LogP contribution >= 0.6 is 15.9 Å². The molecule has 0 saturated heterocycles. The number of benzene rings is 1. The maximum absolute atomic E-state index is 5.13. The van der Waals surface area contributed by atoms with Crippen LogP contribution in [-0.2, 0) is 13.0 Å². The van der Waals surface area contributed by atoms with Crippen molar-refractivity contribution in [3.63, 3.8) is 0 Å². The fourth-order valence-corrected chi connectivity index (χ4v) is 1.99. The predicted molar refractivity (Wildman–Crippen MR) is 80.3 cm³/mol. The van der Waals surface area contributed by atoms with Crippen LogP contribution in [0, 0.1) is 0 Å². The average Bonchev–Trinajstić information content (AvgIpc) is 2.46. The summed E-state index contributed by atoms with van der Waals surface area (Å²) in [6.45, 7) is 1.73. The number of nitrogens with one attached hydrogen (secondary N) is 1. The monoisotopic (exact) mass is 320 g/mol. The Balaban J connectivity index is 1.72. The van der Waals surface area contributed by atoms with Gasteiger partial charge in [0.1, 0.15) is 5.75 Å². The molecule has 0 saturated carbocycles. The Morgan fingerprint density at radius 3 is 2.58 bits per heavy atom. The topological polar surface area (TPSA) is 34.1 Å². The van der Waals surface area contributed by atoms with Gasteiger partial charge in [0, 0.05) is 17.2 Å². The van der Waals surface area contributed by atoms with Crippen LogP contribution in [0.1, 0.15) is 11.3 Å². The van der Waals surface area contributed by atoms with Gasteiger partial charge in [-0.15, -0.1) is 0 Å². The first-order valence-corrected chi connectivity index (χ1v) is 7.01. The van der Waals surface area contributed by atoms with E-state index in [4.69, 9.17) is 4.74 Å². The van der Waals surface area contributed by atoms with Crippen molar-refractivity contribution in [3.8, 4) is 5.75 Å². The lowest BCUT2D eigenvalue weighted by atomic mass is 10.1. The second-order valence-electron chi connectivity index (χ2n) is 4.24. The number of hydrogen-bond donors (Lipinski definition) is 1. The van der Waals surface area contributed by atoms with Crippen molar-refractivity contribution in [3.05, 3.63) is 58.3 Å². The maximum Gasteiger partial charge on any atom is 0.118 e. The van der Waals surface area contributed by atoms with E-state index >= 15 is 0 Å². The third kappa shape index (κ3) is 4.65. The van der Waals surface area contributed by atoms with Crippen molar-refractivity contribution in [1.82, 2.24) is 10.3 Å². The summed E-state index contributed by atoms with van der Waals surface area (Å²) >= 11 is 3.38. The molecule has 2 rings (SSSR count). The van der Waals surface area contributed by atoms with Gasteiger partial charge in [-0.3, -0.25) is 4.98 Å². The molecule has 0 aliphatic heterocycles. The van der Waals surface area contributed by atoms with Crippen LogP contribution in [-0.4, -0.2) is 18.6 Å². The summed E-state index contributed by atoms with van der Waals surface area (Å²) < 4.78 is 6.14. The number of hydrogen-bond acceptors (Lipinski definition) is 3. The van der Waals surface area contributed by atoms with Crippen LogP contribution in [0.4, 0.5) is 0 Å². The lowest BCUT2D eigenvalue weighted by Crippen LogP contribution is -2.17. The molecule has 4 heteroatoms. The molecular formula is C15H17BrN2O. The number of methoxy groups -OCH3 is 1. The fraction of sp³-hybridized carbons (Fsp3) is 0.267. The molecule has 1 aromatic heterocycles. The number of pyridine rings is 1. The first-order chi connectivity index (χ1) is 9.28. The van der Waals surface area contributed by atoms with Crippen LogP contribution in [0.2, 0.25) is 0 Å². The van der Waals surface area contributed by atoms with Gasteiger partial charge in [0.05, 0.1) is 12.8 Å². The zero-order valence-electron chi connectivity index (χ0n) is 10.9. The minimum Gasteiger partial charge on any atom is -0.497 e. The van der Waals surface area contributed by atoms with Crippen molar-refractivity contribution in [2.24, 2.45) is 0 Å². The smallest absolute Gasteiger partial charge is 0.118 e. The SMILES string of the molecule is COc1ccc(CCNCc2ccc(Br)cn2)cc1. The van der Waals surface area contributed by atoms with Crippen molar-refractivity contribution >= 4 is 15.9 Å². The number of aromatic nitrogens is 1. The van der Waals surface area contributed by atoms with Crippen molar-refractivity contribution < 1.29 is 4.74 Å². The number of halogens is 1. The molecule has 0 aliphatic rings. The van der Waals surface area contributed by atoms with Crippen molar-refractivity contribution in [1.29, 1.82) is 0 Å².